The number of rotatable bonds is 3. The highest BCUT2D eigenvalue weighted by atomic mass is 16.5. The van der Waals surface area contributed by atoms with Crippen molar-refractivity contribution in [2.75, 3.05) is 13.2 Å². The van der Waals surface area contributed by atoms with Gasteiger partial charge in [0.15, 0.2) is 0 Å². The third-order valence-electron chi connectivity index (χ3n) is 7.26. The van der Waals surface area contributed by atoms with E-state index in [4.69, 9.17) is 10.5 Å². The van der Waals surface area contributed by atoms with Gasteiger partial charge in [-0.1, -0.05) is 0 Å². The van der Waals surface area contributed by atoms with Gasteiger partial charge in [0.1, 0.15) is 11.8 Å². The summed E-state index contributed by atoms with van der Waals surface area (Å²) < 4.78 is 7.65. The second-order valence-electron chi connectivity index (χ2n) is 8.86. The Morgan fingerprint density at radius 2 is 2.26 bits per heavy atom. The molecule has 162 valence electrons. The molecule has 1 aromatic heterocycles. The van der Waals surface area contributed by atoms with E-state index in [1.807, 2.05) is 30.1 Å². The van der Waals surface area contributed by atoms with Gasteiger partial charge in [0.05, 0.1) is 24.1 Å². The number of carbonyl (C=O) groups is 1. The number of nitrogens with zero attached hydrogens (tertiary/aromatic N) is 3. The van der Waals surface area contributed by atoms with Gasteiger partial charge in [-0.25, -0.2) is 5.43 Å². The Morgan fingerprint density at radius 1 is 1.39 bits per heavy atom. The van der Waals surface area contributed by atoms with Gasteiger partial charge in [-0.3, -0.25) is 14.9 Å². The minimum Gasteiger partial charge on any atom is -0.493 e. The first kappa shape index (κ1) is 20.0. The van der Waals surface area contributed by atoms with Crippen LogP contribution in [-0.4, -0.2) is 34.9 Å². The predicted molar refractivity (Wildman–Crippen MR) is 115 cm³/mol. The van der Waals surface area contributed by atoms with E-state index in [2.05, 4.69) is 22.0 Å². The van der Waals surface area contributed by atoms with E-state index in [1.54, 1.807) is 0 Å². The molecule has 1 aromatic carbocycles. The molecule has 2 fully saturated rings. The fourth-order valence-corrected chi connectivity index (χ4v) is 5.71. The summed E-state index contributed by atoms with van der Waals surface area (Å²) in [5.74, 6) is 1.35. The van der Waals surface area contributed by atoms with Crippen LogP contribution in [0.15, 0.2) is 18.3 Å². The molecule has 1 amide bonds. The van der Waals surface area contributed by atoms with Crippen LogP contribution in [0, 0.1) is 23.2 Å². The number of hydrogen-bond acceptors (Lipinski definition) is 6. The fourth-order valence-electron chi connectivity index (χ4n) is 5.71. The lowest BCUT2D eigenvalue weighted by Crippen LogP contribution is -2.62. The number of nitriles is 1. The van der Waals surface area contributed by atoms with Crippen molar-refractivity contribution >= 4 is 5.91 Å². The standard InChI is InChI=1S/C23H28N6O2/c1-29-22(15-6-7-21-14(18(15)10-24)3-2-8-31-21)19(12-26-29)13-4-5-16-17(9-13)20(11-25)27-28-23(16)30/h6-7,12-13,16-17,20,27H,2-5,8-9,11,25H2,1H3,(H,28,30). The highest BCUT2D eigenvalue weighted by Gasteiger charge is 2.43. The second kappa shape index (κ2) is 7.98. The van der Waals surface area contributed by atoms with Crippen LogP contribution < -0.4 is 21.3 Å². The van der Waals surface area contributed by atoms with Crippen molar-refractivity contribution in [2.45, 2.75) is 44.1 Å². The summed E-state index contributed by atoms with van der Waals surface area (Å²) in [6.07, 6.45) is 6.33. The molecule has 31 heavy (non-hydrogen) atoms. The average molecular weight is 421 g/mol. The van der Waals surface area contributed by atoms with Crippen molar-refractivity contribution in [3.05, 3.63) is 35.0 Å². The van der Waals surface area contributed by atoms with Crippen LogP contribution >= 0.6 is 0 Å². The van der Waals surface area contributed by atoms with E-state index in [0.29, 0.717) is 18.7 Å². The number of benzene rings is 1. The molecule has 1 saturated heterocycles. The molecule has 4 atom stereocenters. The van der Waals surface area contributed by atoms with E-state index < -0.39 is 0 Å². The van der Waals surface area contributed by atoms with Gasteiger partial charge in [0.2, 0.25) is 5.91 Å². The molecule has 1 saturated carbocycles. The molecular formula is C23H28N6O2. The van der Waals surface area contributed by atoms with Crippen molar-refractivity contribution in [2.24, 2.45) is 24.6 Å². The molecular weight excluding hydrogens is 392 g/mol. The number of aryl methyl sites for hydroxylation is 1. The highest BCUT2D eigenvalue weighted by Crippen LogP contribution is 2.45. The van der Waals surface area contributed by atoms with Crippen LogP contribution in [0.25, 0.3) is 11.3 Å². The average Bonchev–Trinajstić information content (AvgIpc) is 3.19. The smallest absolute Gasteiger partial charge is 0.237 e. The Labute approximate surface area is 181 Å². The van der Waals surface area contributed by atoms with Gasteiger partial charge in [-0.05, 0) is 56.1 Å². The Balaban J connectivity index is 1.53. The predicted octanol–water partition coefficient (Wildman–Crippen LogP) is 1.75. The van der Waals surface area contributed by atoms with Gasteiger partial charge < -0.3 is 10.5 Å². The Hall–Kier alpha value is -2.89. The number of nitrogens with one attached hydrogen (secondary N) is 2. The minimum atomic E-state index is 0.00161. The summed E-state index contributed by atoms with van der Waals surface area (Å²) in [7, 11) is 1.93. The molecule has 1 aliphatic carbocycles. The van der Waals surface area contributed by atoms with E-state index >= 15 is 0 Å². The van der Waals surface area contributed by atoms with E-state index in [-0.39, 0.29) is 29.7 Å². The number of hydrogen-bond donors (Lipinski definition) is 3. The van der Waals surface area contributed by atoms with Crippen LogP contribution in [0.3, 0.4) is 0 Å². The first-order valence-electron chi connectivity index (χ1n) is 11.1. The molecule has 3 heterocycles. The van der Waals surface area contributed by atoms with E-state index in [1.165, 1.54) is 0 Å². The maximum atomic E-state index is 12.4. The maximum absolute atomic E-state index is 12.4. The number of carbonyl (C=O) groups excluding carboxylic acids is 1. The number of aromatic nitrogens is 2. The second-order valence-corrected chi connectivity index (χ2v) is 8.86. The van der Waals surface area contributed by atoms with Crippen LogP contribution in [0.2, 0.25) is 0 Å². The normalized spacial score (nSPS) is 27.5. The third-order valence-corrected chi connectivity index (χ3v) is 7.26. The zero-order valence-electron chi connectivity index (χ0n) is 17.7. The maximum Gasteiger partial charge on any atom is 0.237 e. The van der Waals surface area contributed by atoms with Crippen molar-refractivity contribution in [1.82, 2.24) is 20.6 Å². The first-order valence-corrected chi connectivity index (χ1v) is 11.1. The van der Waals surface area contributed by atoms with Crippen LogP contribution in [0.4, 0.5) is 0 Å². The minimum absolute atomic E-state index is 0.00161. The monoisotopic (exact) mass is 420 g/mol. The van der Waals surface area contributed by atoms with Gasteiger partial charge >= 0.3 is 0 Å². The zero-order valence-corrected chi connectivity index (χ0v) is 17.7. The SMILES string of the molecule is Cn1ncc(C2CCC3C(=O)NNC(CN)C3C2)c1-c1ccc2c(c1C#N)CCCO2. The van der Waals surface area contributed by atoms with Gasteiger partial charge in [-0.15, -0.1) is 0 Å². The summed E-state index contributed by atoms with van der Waals surface area (Å²) in [6.45, 7) is 1.18. The summed E-state index contributed by atoms with van der Waals surface area (Å²) >= 11 is 0. The molecule has 2 aromatic rings. The Morgan fingerprint density at radius 3 is 3.06 bits per heavy atom. The summed E-state index contributed by atoms with van der Waals surface area (Å²) in [6, 6.07) is 6.48. The third kappa shape index (κ3) is 3.29. The number of ether oxygens (including phenoxy) is 1. The number of hydrazine groups is 1. The topological polar surface area (TPSA) is 118 Å². The van der Waals surface area contributed by atoms with Gasteiger partial charge in [0, 0.05) is 42.2 Å². The first-order chi connectivity index (χ1) is 15.1. The lowest BCUT2D eigenvalue weighted by molar-refractivity contribution is -0.133. The Bertz CT molecular complexity index is 1060. The fraction of sp³-hybridized carbons (Fsp3) is 0.522. The van der Waals surface area contributed by atoms with Crippen LogP contribution in [0.5, 0.6) is 5.75 Å². The quantitative estimate of drug-likeness (QED) is 0.696. The van der Waals surface area contributed by atoms with Gasteiger partial charge in [0.25, 0.3) is 0 Å². The number of fused-ring (bicyclic) bond motifs is 2. The van der Waals surface area contributed by atoms with Crippen molar-refractivity contribution in [3.63, 3.8) is 0 Å². The van der Waals surface area contributed by atoms with Crippen molar-refractivity contribution < 1.29 is 9.53 Å². The van der Waals surface area contributed by atoms with Crippen LogP contribution in [0.1, 0.15) is 48.3 Å². The molecule has 4 N–H and O–H groups in total. The summed E-state index contributed by atoms with van der Waals surface area (Å²) in [5.41, 5.74) is 16.6. The summed E-state index contributed by atoms with van der Waals surface area (Å²) in [4.78, 5) is 12.4. The van der Waals surface area contributed by atoms with Gasteiger partial charge in [-0.2, -0.15) is 10.4 Å². The van der Waals surface area contributed by atoms with Crippen molar-refractivity contribution in [3.8, 4) is 23.1 Å². The van der Waals surface area contributed by atoms with Crippen LogP contribution in [-0.2, 0) is 18.3 Å². The Kier molecular flexibility index (Phi) is 5.16. The largest absolute Gasteiger partial charge is 0.493 e. The molecule has 4 unspecified atom stereocenters. The number of amides is 1. The molecule has 8 nitrogen and oxygen atoms in total. The number of nitrogens with two attached hydrogens (primary N) is 1. The molecule has 5 rings (SSSR count). The molecule has 8 heteroatoms. The molecule has 2 aliphatic heterocycles. The molecule has 3 aliphatic rings. The lowest BCUT2D eigenvalue weighted by atomic mass is 9.68. The molecule has 0 radical (unpaired) electrons. The molecule has 0 bridgehead atoms. The van der Waals surface area contributed by atoms with E-state index in [0.717, 1.165) is 60.2 Å². The lowest BCUT2D eigenvalue weighted by Gasteiger charge is -2.43. The van der Waals surface area contributed by atoms with Crippen molar-refractivity contribution in [1.29, 1.82) is 5.26 Å². The zero-order chi connectivity index (χ0) is 21.5. The molecule has 0 spiro atoms. The summed E-state index contributed by atoms with van der Waals surface area (Å²) in [5, 5.41) is 14.6. The van der Waals surface area contributed by atoms with E-state index in [9.17, 15) is 10.1 Å². The highest BCUT2D eigenvalue weighted by molar-refractivity contribution is 5.80.